The van der Waals surface area contributed by atoms with Gasteiger partial charge in [0.05, 0.1) is 5.41 Å². The Hall–Kier alpha value is -1.06. The molecule has 4 nitrogen and oxygen atoms in total. The van der Waals surface area contributed by atoms with Crippen molar-refractivity contribution in [3.8, 4) is 0 Å². The second-order valence-electron chi connectivity index (χ2n) is 7.26. The van der Waals surface area contributed by atoms with Gasteiger partial charge in [-0.2, -0.15) is 0 Å². The topological polar surface area (TPSA) is 52.6 Å². The maximum Gasteiger partial charge on any atom is 0.348 e. The molecule has 0 aromatic rings. The first-order valence-electron chi connectivity index (χ1n) is 6.27. The van der Waals surface area contributed by atoms with Gasteiger partial charge in [0.2, 0.25) is 6.10 Å². The Kier molecular flexibility index (Phi) is 3.54. The van der Waals surface area contributed by atoms with Crippen LogP contribution in [-0.4, -0.2) is 24.6 Å². The van der Waals surface area contributed by atoms with Crippen LogP contribution < -0.4 is 0 Å². The Morgan fingerprint density at radius 1 is 1.28 bits per heavy atom. The predicted molar refractivity (Wildman–Crippen MR) is 67.9 cm³/mol. The van der Waals surface area contributed by atoms with Gasteiger partial charge in [-0.15, -0.1) is 0 Å². The standard InChI is InChI=1S/C14H24O4/c1-12(2,3)14(6,7)11(16)18-9-10(15)17-8-13(9,4)5/h9H,8H2,1-7H3. The predicted octanol–water partition coefficient (Wildman–Crippen LogP) is 2.55. The fourth-order valence-corrected chi connectivity index (χ4v) is 1.50. The third kappa shape index (κ3) is 2.52. The van der Waals surface area contributed by atoms with Gasteiger partial charge in [0.15, 0.2) is 0 Å². The largest absolute Gasteiger partial charge is 0.462 e. The zero-order valence-electron chi connectivity index (χ0n) is 12.4. The van der Waals surface area contributed by atoms with Crippen LogP contribution in [0.4, 0.5) is 0 Å². The second-order valence-corrected chi connectivity index (χ2v) is 7.26. The van der Waals surface area contributed by atoms with Crippen LogP contribution in [-0.2, 0) is 19.1 Å². The lowest BCUT2D eigenvalue weighted by Gasteiger charge is -2.37. The van der Waals surface area contributed by atoms with Gasteiger partial charge in [-0.1, -0.05) is 34.6 Å². The number of esters is 2. The van der Waals surface area contributed by atoms with Gasteiger partial charge in [0.1, 0.15) is 6.61 Å². The van der Waals surface area contributed by atoms with Crippen LogP contribution in [0.5, 0.6) is 0 Å². The summed E-state index contributed by atoms with van der Waals surface area (Å²) in [7, 11) is 0. The summed E-state index contributed by atoms with van der Waals surface area (Å²) < 4.78 is 10.4. The van der Waals surface area contributed by atoms with Gasteiger partial charge in [-0.25, -0.2) is 4.79 Å². The Morgan fingerprint density at radius 2 is 1.78 bits per heavy atom. The van der Waals surface area contributed by atoms with Crippen LogP contribution in [0.15, 0.2) is 0 Å². The number of rotatable bonds is 2. The number of ether oxygens (including phenoxy) is 2. The summed E-state index contributed by atoms with van der Waals surface area (Å²) in [5.41, 5.74) is -1.36. The first-order valence-corrected chi connectivity index (χ1v) is 6.27. The summed E-state index contributed by atoms with van der Waals surface area (Å²) in [6.45, 7) is 13.6. The van der Waals surface area contributed by atoms with E-state index in [1.165, 1.54) is 0 Å². The lowest BCUT2D eigenvalue weighted by molar-refractivity contribution is -0.175. The highest BCUT2D eigenvalue weighted by molar-refractivity contribution is 5.84. The van der Waals surface area contributed by atoms with Crippen molar-refractivity contribution in [2.75, 3.05) is 6.61 Å². The van der Waals surface area contributed by atoms with Crippen molar-refractivity contribution in [2.45, 2.75) is 54.6 Å². The molecule has 0 aromatic carbocycles. The lowest BCUT2D eigenvalue weighted by atomic mass is 9.69. The molecule has 4 heteroatoms. The zero-order valence-corrected chi connectivity index (χ0v) is 12.4. The average molecular weight is 256 g/mol. The molecule has 18 heavy (non-hydrogen) atoms. The van der Waals surface area contributed by atoms with Crippen LogP contribution in [0.3, 0.4) is 0 Å². The van der Waals surface area contributed by atoms with Crippen molar-refractivity contribution in [1.29, 1.82) is 0 Å². The molecule has 104 valence electrons. The second kappa shape index (κ2) is 4.25. The molecular formula is C14H24O4. The van der Waals surface area contributed by atoms with Crippen molar-refractivity contribution in [3.63, 3.8) is 0 Å². The quantitative estimate of drug-likeness (QED) is 0.712. The number of hydrogen-bond acceptors (Lipinski definition) is 4. The van der Waals surface area contributed by atoms with Crippen molar-refractivity contribution in [2.24, 2.45) is 16.2 Å². The van der Waals surface area contributed by atoms with Gasteiger partial charge in [0, 0.05) is 5.41 Å². The first-order chi connectivity index (χ1) is 7.89. The highest BCUT2D eigenvalue weighted by Gasteiger charge is 2.50. The molecular weight excluding hydrogens is 232 g/mol. The van der Waals surface area contributed by atoms with E-state index in [1.54, 1.807) is 0 Å². The third-order valence-corrected chi connectivity index (χ3v) is 4.12. The maximum atomic E-state index is 12.3. The summed E-state index contributed by atoms with van der Waals surface area (Å²) in [6, 6.07) is 0. The van der Waals surface area contributed by atoms with E-state index >= 15 is 0 Å². The summed E-state index contributed by atoms with van der Waals surface area (Å²) >= 11 is 0. The van der Waals surface area contributed by atoms with Gasteiger partial charge >= 0.3 is 11.9 Å². The molecule has 1 aliphatic rings. The summed E-state index contributed by atoms with van der Waals surface area (Å²) in [5.74, 6) is -0.801. The minimum absolute atomic E-state index is 0.239. The normalized spacial score (nSPS) is 23.7. The molecule has 1 fully saturated rings. The monoisotopic (exact) mass is 256 g/mol. The minimum Gasteiger partial charge on any atom is -0.462 e. The van der Waals surface area contributed by atoms with Crippen LogP contribution in [0.1, 0.15) is 48.5 Å². The molecule has 0 aromatic heterocycles. The molecule has 0 aliphatic carbocycles. The van der Waals surface area contributed by atoms with E-state index in [9.17, 15) is 9.59 Å². The molecule has 1 unspecified atom stereocenters. The van der Waals surface area contributed by atoms with Gasteiger partial charge in [-0.05, 0) is 19.3 Å². The minimum atomic E-state index is -0.799. The smallest absolute Gasteiger partial charge is 0.348 e. The molecule has 1 rings (SSSR count). The Labute approximate surface area is 109 Å². The highest BCUT2D eigenvalue weighted by Crippen LogP contribution is 2.41. The number of carbonyl (C=O) groups is 2. The molecule has 0 amide bonds. The van der Waals surface area contributed by atoms with Crippen LogP contribution >= 0.6 is 0 Å². The lowest BCUT2D eigenvalue weighted by Crippen LogP contribution is -2.44. The van der Waals surface area contributed by atoms with Crippen molar-refractivity contribution < 1.29 is 19.1 Å². The van der Waals surface area contributed by atoms with Crippen LogP contribution in [0.25, 0.3) is 0 Å². The molecule has 0 N–H and O–H groups in total. The molecule has 1 saturated heterocycles. The average Bonchev–Trinajstić information content (AvgIpc) is 2.43. The highest BCUT2D eigenvalue weighted by atomic mass is 16.6. The summed E-state index contributed by atoms with van der Waals surface area (Å²) in [5, 5.41) is 0. The number of hydrogen-bond donors (Lipinski definition) is 0. The van der Waals surface area contributed by atoms with Crippen molar-refractivity contribution >= 4 is 11.9 Å². The van der Waals surface area contributed by atoms with E-state index in [0.29, 0.717) is 6.61 Å². The number of carbonyl (C=O) groups excluding carboxylic acids is 2. The van der Waals surface area contributed by atoms with E-state index in [-0.39, 0.29) is 11.4 Å². The SMILES string of the molecule is CC1(C)COC(=O)C1OC(=O)C(C)(C)C(C)(C)C. The number of cyclic esters (lactones) is 1. The Morgan fingerprint density at radius 3 is 2.11 bits per heavy atom. The van der Waals surface area contributed by atoms with E-state index < -0.39 is 22.9 Å². The van der Waals surface area contributed by atoms with Gasteiger partial charge < -0.3 is 9.47 Å². The molecule has 0 bridgehead atoms. The van der Waals surface area contributed by atoms with Crippen molar-refractivity contribution in [1.82, 2.24) is 0 Å². The Bertz CT molecular complexity index is 360. The first kappa shape index (κ1) is 15.0. The van der Waals surface area contributed by atoms with E-state index in [0.717, 1.165) is 0 Å². The van der Waals surface area contributed by atoms with Crippen LogP contribution in [0, 0.1) is 16.2 Å². The molecule has 1 atom stereocenters. The van der Waals surface area contributed by atoms with E-state index in [1.807, 2.05) is 48.5 Å². The maximum absolute atomic E-state index is 12.3. The fourth-order valence-electron chi connectivity index (χ4n) is 1.50. The molecule has 0 radical (unpaired) electrons. The zero-order chi connectivity index (χ0) is 14.4. The van der Waals surface area contributed by atoms with E-state index in [4.69, 9.17) is 9.47 Å². The molecule has 1 aliphatic heterocycles. The van der Waals surface area contributed by atoms with E-state index in [2.05, 4.69) is 0 Å². The van der Waals surface area contributed by atoms with Crippen molar-refractivity contribution in [3.05, 3.63) is 0 Å². The fraction of sp³-hybridized carbons (Fsp3) is 0.857. The molecule has 0 spiro atoms. The third-order valence-electron chi connectivity index (χ3n) is 4.12. The van der Waals surface area contributed by atoms with Crippen LogP contribution in [0.2, 0.25) is 0 Å². The molecule has 1 heterocycles. The Balaban J connectivity index is 2.86. The van der Waals surface area contributed by atoms with Gasteiger partial charge in [0.25, 0.3) is 0 Å². The summed E-state index contributed by atoms with van der Waals surface area (Å²) in [4.78, 5) is 23.9. The molecule has 0 saturated carbocycles. The summed E-state index contributed by atoms with van der Waals surface area (Å²) in [6.07, 6.45) is -0.799. The van der Waals surface area contributed by atoms with Gasteiger partial charge in [-0.3, -0.25) is 4.79 Å².